The lowest BCUT2D eigenvalue weighted by atomic mass is 10.2. The van der Waals surface area contributed by atoms with Gasteiger partial charge in [0.1, 0.15) is 0 Å². The first-order valence-electron chi connectivity index (χ1n) is 5.44. The molecule has 2 N–H and O–H groups in total. The summed E-state index contributed by atoms with van der Waals surface area (Å²) in [6.45, 7) is 4.29. The van der Waals surface area contributed by atoms with Crippen molar-refractivity contribution in [3.05, 3.63) is 0 Å². The molecule has 0 saturated heterocycles. The van der Waals surface area contributed by atoms with E-state index in [9.17, 15) is 13.8 Å². The molecule has 17 heavy (non-hydrogen) atoms. The van der Waals surface area contributed by atoms with E-state index in [4.69, 9.17) is 5.11 Å². The molecule has 100 valence electrons. The second-order valence-corrected chi connectivity index (χ2v) is 5.34. The maximum Gasteiger partial charge on any atom is 0.317 e. The van der Waals surface area contributed by atoms with Crippen LogP contribution in [0.25, 0.3) is 0 Å². The van der Waals surface area contributed by atoms with Gasteiger partial charge in [-0.3, -0.25) is 9.00 Å². The number of rotatable bonds is 7. The third kappa shape index (κ3) is 6.93. The predicted molar refractivity (Wildman–Crippen MR) is 66.4 cm³/mol. The third-order valence-electron chi connectivity index (χ3n) is 2.25. The average Bonchev–Trinajstić information content (AvgIpc) is 2.24. The number of hydrogen-bond donors (Lipinski definition) is 2. The van der Waals surface area contributed by atoms with E-state index >= 15 is 0 Å². The summed E-state index contributed by atoms with van der Waals surface area (Å²) in [5.41, 5.74) is 0. The Morgan fingerprint density at radius 2 is 2.06 bits per heavy atom. The molecule has 0 aliphatic carbocycles. The minimum absolute atomic E-state index is 0.173. The van der Waals surface area contributed by atoms with E-state index in [2.05, 4.69) is 5.32 Å². The van der Waals surface area contributed by atoms with Crippen LogP contribution in [0.4, 0.5) is 4.79 Å². The van der Waals surface area contributed by atoms with Gasteiger partial charge in [-0.2, -0.15) is 0 Å². The summed E-state index contributed by atoms with van der Waals surface area (Å²) in [4.78, 5) is 23.7. The molecule has 0 heterocycles. The van der Waals surface area contributed by atoms with Crippen molar-refractivity contribution in [2.45, 2.75) is 13.8 Å². The van der Waals surface area contributed by atoms with E-state index in [0.29, 0.717) is 18.8 Å². The fraction of sp³-hybridized carbons (Fsp3) is 0.800. The molecule has 6 nitrogen and oxygen atoms in total. The van der Waals surface area contributed by atoms with Crippen LogP contribution in [-0.4, -0.2) is 57.9 Å². The highest BCUT2D eigenvalue weighted by molar-refractivity contribution is 7.84. The summed E-state index contributed by atoms with van der Waals surface area (Å²) in [7, 11) is -0.943. The van der Waals surface area contributed by atoms with Crippen LogP contribution in [0.1, 0.15) is 13.8 Å². The zero-order chi connectivity index (χ0) is 13.4. The molecule has 0 aromatic rings. The normalized spacial score (nSPS) is 13.8. The molecule has 2 amide bonds. The number of nitrogens with zero attached hydrogens (tertiary/aromatic N) is 1. The Bertz CT molecular complexity index is 296. The molecule has 2 atom stereocenters. The summed E-state index contributed by atoms with van der Waals surface area (Å²) < 4.78 is 10.8. The van der Waals surface area contributed by atoms with E-state index in [1.807, 2.05) is 0 Å². The number of nitrogens with one attached hydrogen (secondary N) is 1. The van der Waals surface area contributed by atoms with E-state index in [0.717, 1.165) is 0 Å². The zero-order valence-corrected chi connectivity index (χ0v) is 11.2. The van der Waals surface area contributed by atoms with Gasteiger partial charge in [0.25, 0.3) is 0 Å². The molecule has 0 aliphatic heterocycles. The summed E-state index contributed by atoms with van der Waals surface area (Å²) in [5.74, 6) is -1.12. The first-order chi connectivity index (χ1) is 7.88. The van der Waals surface area contributed by atoms with E-state index in [1.54, 1.807) is 20.1 Å². The first-order valence-corrected chi connectivity index (χ1v) is 7.16. The average molecular weight is 264 g/mol. The van der Waals surface area contributed by atoms with Gasteiger partial charge in [0.05, 0.1) is 5.92 Å². The molecule has 0 aromatic heterocycles. The van der Waals surface area contributed by atoms with E-state index in [1.165, 1.54) is 4.90 Å². The van der Waals surface area contributed by atoms with Gasteiger partial charge in [0.2, 0.25) is 0 Å². The van der Waals surface area contributed by atoms with Crippen molar-refractivity contribution in [3.8, 4) is 0 Å². The molecule has 2 unspecified atom stereocenters. The molecule has 0 aliphatic rings. The quantitative estimate of drug-likeness (QED) is 0.683. The van der Waals surface area contributed by atoms with Crippen LogP contribution in [0.5, 0.6) is 0 Å². The van der Waals surface area contributed by atoms with Crippen molar-refractivity contribution in [1.82, 2.24) is 10.2 Å². The smallest absolute Gasteiger partial charge is 0.317 e. The Balaban J connectivity index is 4.12. The predicted octanol–water partition coefficient (Wildman–Crippen LogP) is 0.117. The van der Waals surface area contributed by atoms with E-state index in [-0.39, 0.29) is 12.6 Å². The summed E-state index contributed by atoms with van der Waals surface area (Å²) >= 11 is 0. The highest BCUT2D eigenvalue weighted by Gasteiger charge is 2.18. The van der Waals surface area contributed by atoms with Crippen LogP contribution >= 0.6 is 0 Å². The highest BCUT2D eigenvalue weighted by atomic mass is 32.2. The highest BCUT2D eigenvalue weighted by Crippen LogP contribution is 2.00. The molecule has 0 spiro atoms. The second-order valence-electron chi connectivity index (χ2n) is 3.79. The molecule has 0 aromatic carbocycles. The van der Waals surface area contributed by atoms with Gasteiger partial charge in [-0.25, -0.2) is 4.79 Å². The molecule has 0 saturated carbocycles. The molecular weight excluding hydrogens is 244 g/mol. The molecule has 0 radical (unpaired) electrons. The van der Waals surface area contributed by atoms with Crippen LogP contribution < -0.4 is 5.32 Å². The van der Waals surface area contributed by atoms with Crippen molar-refractivity contribution >= 4 is 22.8 Å². The van der Waals surface area contributed by atoms with Gasteiger partial charge >= 0.3 is 12.0 Å². The zero-order valence-electron chi connectivity index (χ0n) is 10.4. The maximum atomic E-state index is 11.6. The van der Waals surface area contributed by atoms with Crippen molar-refractivity contribution < 1.29 is 18.9 Å². The van der Waals surface area contributed by atoms with Crippen molar-refractivity contribution in [3.63, 3.8) is 0 Å². The van der Waals surface area contributed by atoms with Crippen molar-refractivity contribution in [2.24, 2.45) is 5.92 Å². The minimum atomic E-state index is -0.943. The lowest BCUT2D eigenvalue weighted by molar-refractivity contribution is -0.141. The second kappa shape index (κ2) is 8.05. The summed E-state index contributed by atoms with van der Waals surface area (Å²) in [6.07, 6.45) is 1.57. The largest absolute Gasteiger partial charge is 0.481 e. The lowest BCUT2D eigenvalue weighted by Gasteiger charge is -2.23. The van der Waals surface area contributed by atoms with Crippen LogP contribution in [0.2, 0.25) is 0 Å². The van der Waals surface area contributed by atoms with Crippen molar-refractivity contribution in [1.29, 1.82) is 0 Å². The van der Waals surface area contributed by atoms with Gasteiger partial charge < -0.3 is 15.3 Å². The maximum absolute atomic E-state index is 11.6. The first kappa shape index (κ1) is 15.9. The Kier molecular flexibility index (Phi) is 7.53. The molecular formula is C10H20N2O4S. The van der Waals surface area contributed by atoms with Gasteiger partial charge in [-0.1, -0.05) is 6.92 Å². The van der Waals surface area contributed by atoms with Gasteiger partial charge in [0.15, 0.2) is 0 Å². The standard InChI is InChI=1S/C10H20N2O4S/c1-4-12(7-8(2)9(13)14)10(15)11-5-6-17(3)16/h8H,4-7H2,1-3H3,(H,11,15)(H,13,14). The summed E-state index contributed by atoms with van der Waals surface area (Å²) in [6, 6.07) is -0.314. The minimum Gasteiger partial charge on any atom is -0.481 e. The van der Waals surface area contributed by atoms with Crippen LogP contribution in [-0.2, 0) is 15.6 Å². The number of carboxylic acids is 1. The number of aliphatic carboxylic acids is 1. The topological polar surface area (TPSA) is 86.7 Å². The Labute approximate surface area is 104 Å². The Morgan fingerprint density at radius 3 is 2.47 bits per heavy atom. The Morgan fingerprint density at radius 1 is 1.47 bits per heavy atom. The number of hydrogen-bond acceptors (Lipinski definition) is 3. The van der Waals surface area contributed by atoms with Crippen LogP contribution in [0, 0.1) is 5.92 Å². The van der Waals surface area contributed by atoms with Crippen LogP contribution in [0.15, 0.2) is 0 Å². The van der Waals surface area contributed by atoms with Gasteiger partial charge in [-0.15, -0.1) is 0 Å². The molecule has 0 fully saturated rings. The number of carbonyl (C=O) groups is 2. The van der Waals surface area contributed by atoms with Crippen molar-refractivity contribution in [2.75, 3.05) is 31.6 Å². The van der Waals surface area contributed by atoms with Gasteiger partial charge in [0, 0.05) is 42.4 Å². The fourth-order valence-electron chi connectivity index (χ4n) is 1.18. The van der Waals surface area contributed by atoms with Gasteiger partial charge in [-0.05, 0) is 6.92 Å². The summed E-state index contributed by atoms with van der Waals surface area (Å²) in [5, 5.41) is 11.4. The number of amides is 2. The molecule has 0 bridgehead atoms. The third-order valence-corrected chi connectivity index (χ3v) is 3.03. The number of urea groups is 1. The monoisotopic (exact) mass is 264 g/mol. The molecule has 7 heteroatoms. The SMILES string of the molecule is CCN(CC(C)C(=O)O)C(=O)NCCS(C)=O. The lowest BCUT2D eigenvalue weighted by Crippen LogP contribution is -2.44. The number of carboxylic acid groups (broad SMARTS) is 1. The Hall–Kier alpha value is -1.11. The number of carbonyl (C=O) groups excluding carboxylic acids is 1. The van der Waals surface area contributed by atoms with Crippen LogP contribution in [0.3, 0.4) is 0 Å². The molecule has 0 rings (SSSR count). The fourth-order valence-corrected chi connectivity index (χ4v) is 1.57. The van der Waals surface area contributed by atoms with E-state index < -0.39 is 22.7 Å².